The molecule has 0 aromatic carbocycles. The lowest BCUT2D eigenvalue weighted by molar-refractivity contribution is -0.385. The summed E-state index contributed by atoms with van der Waals surface area (Å²) in [5.74, 6) is 0.564. The number of pyridine rings is 1. The fraction of sp³-hybridized carbons (Fsp3) is 0.545. The van der Waals surface area contributed by atoms with Crippen molar-refractivity contribution in [2.45, 2.75) is 25.8 Å². The fourth-order valence-electron chi connectivity index (χ4n) is 1.84. The fourth-order valence-corrected chi connectivity index (χ4v) is 1.84. The third kappa shape index (κ3) is 2.91. The standard InChI is InChI=1S/C11H15N3O3/c1-8-7-12-11(6-10(8)14(15)16)13-9-2-4-17-5-3-9/h6-7,9H,2-5H2,1H3,(H,12,13). The second kappa shape index (κ2) is 5.09. The summed E-state index contributed by atoms with van der Waals surface area (Å²) in [6.07, 6.45) is 3.34. The summed E-state index contributed by atoms with van der Waals surface area (Å²) < 4.78 is 5.25. The van der Waals surface area contributed by atoms with E-state index < -0.39 is 0 Å². The first-order valence-electron chi connectivity index (χ1n) is 5.62. The second-order valence-corrected chi connectivity index (χ2v) is 4.14. The first kappa shape index (κ1) is 11.8. The minimum atomic E-state index is -0.383. The molecule has 6 nitrogen and oxygen atoms in total. The van der Waals surface area contributed by atoms with Crippen molar-refractivity contribution in [3.8, 4) is 0 Å². The molecular weight excluding hydrogens is 222 g/mol. The van der Waals surface area contributed by atoms with E-state index in [1.54, 1.807) is 6.92 Å². The van der Waals surface area contributed by atoms with Crippen molar-refractivity contribution in [2.24, 2.45) is 0 Å². The maximum Gasteiger partial charge on any atom is 0.277 e. The zero-order valence-electron chi connectivity index (χ0n) is 9.68. The molecular formula is C11H15N3O3. The van der Waals surface area contributed by atoms with Gasteiger partial charge in [0.1, 0.15) is 5.82 Å². The monoisotopic (exact) mass is 237 g/mol. The average Bonchev–Trinajstić information content (AvgIpc) is 2.32. The number of nitrogens with one attached hydrogen (secondary N) is 1. The highest BCUT2D eigenvalue weighted by Gasteiger charge is 2.16. The lowest BCUT2D eigenvalue weighted by Gasteiger charge is -2.23. The first-order valence-corrected chi connectivity index (χ1v) is 5.62. The molecule has 1 N–H and O–H groups in total. The lowest BCUT2D eigenvalue weighted by Crippen LogP contribution is -2.28. The second-order valence-electron chi connectivity index (χ2n) is 4.14. The van der Waals surface area contributed by atoms with Crippen molar-refractivity contribution in [2.75, 3.05) is 18.5 Å². The van der Waals surface area contributed by atoms with Crippen molar-refractivity contribution in [3.63, 3.8) is 0 Å². The summed E-state index contributed by atoms with van der Waals surface area (Å²) in [5, 5.41) is 14.0. The quantitative estimate of drug-likeness (QED) is 0.641. The topological polar surface area (TPSA) is 77.3 Å². The molecule has 0 unspecified atom stereocenters. The summed E-state index contributed by atoms with van der Waals surface area (Å²) in [6, 6.07) is 1.78. The highest BCUT2D eigenvalue weighted by Crippen LogP contribution is 2.21. The molecule has 1 saturated heterocycles. The van der Waals surface area contributed by atoms with Gasteiger partial charge in [0.25, 0.3) is 5.69 Å². The molecule has 1 aliphatic rings. The van der Waals surface area contributed by atoms with Crippen LogP contribution in [0.5, 0.6) is 0 Å². The van der Waals surface area contributed by atoms with Gasteiger partial charge in [0.2, 0.25) is 0 Å². The van der Waals surface area contributed by atoms with E-state index >= 15 is 0 Å². The van der Waals surface area contributed by atoms with E-state index in [0.717, 1.165) is 26.1 Å². The summed E-state index contributed by atoms with van der Waals surface area (Å²) >= 11 is 0. The summed E-state index contributed by atoms with van der Waals surface area (Å²) in [6.45, 7) is 3.14. The van der Waals surface area contributed by atoms with Crippen molar-refractivity contribution < 1.29 is 9.66 Å². The Bertz CT molecular complexity index is 416. The average molecular weight is 237 g/mol. The number of anilines is 1. The van der Waals surface area contributed by atoms with Gasteiger partial charge >= 0.3 is 0 Å². The number of ether oxygens (including phenoxy) is 1. The van der Waals surface area contributed by atoms with Crippen LogP contribution in [0, 0.1) is 17.0 Å². The molecule has 17 heavy (non-hydrogen) atoms. The van der Waals surface area contributed by atoms with Crippen LogP contribution in [-0.2, 0) is 4.74 Å². The van der Waals surface area contributed by atoms with E-state index in [2.05, 4.69) is 10.3 Å². The molecule has 0 bridgehead atoms. The molecule has 92 valence electrons. The van der Waals surface area contributed by atoms with E-state index in [4.69, 9.17) is 4.74 Å². The normalized spacial score (nSPS) is 16.8. The van der Waals surface area contributed by atoms with Crippen LogP contribution >= 0.6 is 0 Å². The van der Waals surface area contributed by atoms with Gasteiger partial charge in [0.15, 0.2) is 0 Å². The zero-order chi connectivity index (χ0) is 12.3. The summed E-state index contributed by atoms with van der Waals surface area (Å²) in [7, 11) is 0. The maximum atomic E-state index is 10.8. The van der Waals surface area contributed by atoms with Crippen LogP contribution in [0.4, 0.5) is 11.5 Å². The molecule has 1 aromatic heterocycles. The number of hydrogen-bond donors (Lipinski definition) is 1. The van der Waals surface area contributed by atoms with Crippen LogP contribution in [0.2, 0.25) is 0 Å². The van der Waals surface area contributed by atoms with Gasteiger partial charge in [-0.05, 0) is 19.8 Å². The van der Waals surface area contributed by atoms with E-state index in [0.29, 0.717) is 17.4 Å². The Hall–Kier alpha value is -1.69. The van der Waals surface area contributed by atoms with Gasteiger partial charge in [-0.1, -0.05) is 0 Å². The molecule has 0 radical (unpaired) electrons. The molecule has 1 aromatic rings. The van der Waals surface area contributed by atoms with Gasteiger partial charge in [0.05, 0.1) is 11.0 Å². The van der Waals surface area contributed by atoms with E-state index in [-0.39, 0.29) is 10.6 Å². The highest BCUT2D eigenvalue weighted by molar-refractivity contribution is 5.49. The van der Waals surface area contributed by atoms with Crippen molar-refractivity contribution in [3.05, 3.63) is 27.9 Å². The Balaban J connectivity index is 2.10. The Kier molecular flexibility index (Phi) is 3.53. The number of rotatable bonds is 3. The molecule has 0 saturated carbocycles. The van der Waals surface area contributed by atoms with E-state index in [9.17, 15) is 10.1 Å². The largest absolute Gasteiger partial charge is 0.381 e. The number of aryl methyl sites for hydroxylation is 1. The smallest absolute Gasteiger partial charge is 0.277 e. The molecule has 0 atom stereocenters. The van der Waals surface area contributed by atoms with Crippen LogP contribution in [0.3, 0.4) is 0 Å². The Morgan fingerprint density at radius 3 is 2.88 bits per heavy atom. The van der Waals surface area contributed by atoms with Crippen LogP contribution in [0.25, 0.3) is 0 Å². The zero-order valence-corrected chi connectivity index (χ0v) is 9.68. The van der Waals surface area contributed by atoms with Gasteiger partial charge in [0, 0.05) is 31.0 Å². The highest BCUT2D eigenvalue weighted by atomic mass is 16.6. The van der Waals surface area contributed by atoms with Crippen LogP contribution < -0.4 is 5.32 Å². The molecule has 0 spiro atoms. The summed E-state index contributed by atoms with van der Waals surface area (Å²) in [5.41, 5.74) is 0.682. The van der Waals surface area contributed by atoms with Crippen molar-refractivity contribution in [1.82, 2.24) is 4.98 Å². The Morgan fingerprint density at radius 2 is 2.24 bits per heavy atom. The van der Waals surface area contributed by atoms with Gasteiger partial charge in [-0.2, -0.15) is 0 Å². The minimum absolute atomic E-state index is 0.106. The van der Waals surface area contributed by atoms with Gasteiger partial charge in [-0.25, -0.2) is 4.98 Å². The molecule has 1 aliphatic heterocycles. The Labute approximate surface area is 99.2 Å². The SMILES string of the molecule is Cc1cnc(NC2CCOCC2)cc1[N+](=O)[O-]. The predicted octanol–water partition coefficient (Wildman–Crippen LogP) is 1.89. The Morgan fingerprint density at radius 1 is 1.53 bits per heavy atom. The number of hydrogen-bond acceptors (Lipinski definition) is 5. The van der Waals surface area contributed by atoms with Crippen molar-refractivity contribution >= 4 is 11.5 Å². The third-order valence-electron chi connectivity index (χ3n) is 2.84. The van der Waals surface area contributed by atoms with Crippen LogP contribution in [0.15, 0.2) is 12.3 Å². The van der Waals surface area contributed by atoms with Crippen molar-refractivity contribution in [1.29, 1.82) is 0 Å². The third-order valence-corrected chi connectivity index (χ3v) is 2.84. The molecule has 0 aliphatic carbocycles. The predicted molar refractivity (Wildman–Crippen MR) is 63.1 cm³/mol. The van der Waals surface area contributed by atoms with E-state index in [1.807, 2.05) is 0 Å². The first-order chi connectivity index (χ1) is 8.16. The molecule has 1 fully saturated rings. The molecule has 6 heteroatoms. The lowest BCUT2D eigenvalue weighted by atomic mass is 10.1. The van der Waals surface area contributed by atoms with Crippen LogP contribution in [-0.4, -0.2) is 29.2 Å². The maximum absolute atomic E-state index is 10.8. The minimum Gasteiger partial charge on any atom is -0.381 e. The van der Waals surface area contributed by atoms with Gasteiger partial charge in [-0.15, -0.1) is 0 Å². The van der Waals surface area contributed by atoms with E-state index in [1.165, 1.54) is 12.3 Å². The molecule has 2 rings (SSSR count). The molecule has 0 amide bonds. The number of nitro groups is 1. The molecule has 2 heterocycles. The van der Waals surface area contributed by atoms with Gasteiger partial charge in [-0.3, -0.25) is 10.1 Å². The number of aromatic nitrogens is 1. The summed E-state index contributed by atoms with van der Waals surface area (Å²) in [4.78, 5) is 14.6. The van der Waals surface area contributed by atoms with Crippen LogP contribution in [0.1, 0.15) is 18.4 Å². The van der Waals surface area contributed by atoms with Gasteiger partial charge < -0.3 is 10.1 Å². The number of nitrogens with zero attached hydrogens (tertiary/aromatic N) is 2.